The fraction of sp³-hybridized carbons (Fsp3) is 0.889. The molecule has 0 radical (unpaired) electrons. The van der Waals surface area contributed by atoms with E-state index in [9.17, 15) is 9.18 Å². The van der Waals surface area contributed by atoms with Gasteiger partial charge in [0.1, 0.15) is 11.6 Å². The molecule has 2 unspecified atom stereocenters. The average molecular weight is 189 g/mol. The van der Waals surface area contributed by atoms with Crippen LogP contribution in [0.2, 0.25) is 0 Å². The van der Waals surface area contributed by atoms with Gasteiger partial charge in [0.2, 0.25) is 0 Å². The van der Waals surface area contributed by atoms with Gasteiger partial charge in [0.25, 0.3) is 0 Å². The lowest BCUT2D eigenvalue weighted by Gasteiger charge is -2.40. The molecule has 4 heteroatoms. The van der Waals surface area contributed by atoms with Crippen molar-refractivity contribution in [2.45, 2.75) is 25.9 Å². The summed E-state index contributed by atoms with van der Waals surface area (Å²) < 4.78 is 13.5. The van der Waals surface area contributed by atoms with Crippen LogP contribution >= 0.6 is 0 Å². The van der Waals surface area contributed by atoms with E-state index in [-0.39, 0.29) is 0 Å². The highest BCUT2D eigenvalue weighted by atomic mass is 19.1. The fourth-order valence-corrected chi connectivity index (χ4v) is 1.96. The minimum Gasteiger partial charge on any atom is -0.481 e. The second-order valence-corrected chi connectivity index (χ2v) is 3.81. The summed E-state index contributed by atoms with van der Waals surface area (Å²) in [5, 5.41) is 9.01. The molecule has 1 fully saturated rings. The van der Waals surface area contributed by atoms with Gasteiger partial charge < -0.3 is 10.0 Å². The van der Waals surface area contributed by atoms with Crippen LogP contribution in [-0.2, 0) is 4.79 Å². The number of carboxylic acid groups (broad SMARTS) is 1. The van der Waals surface area contributed by atoms with E-state index in [1.807, 2.05) is 11.9 Å². The van der Waals surface area contributed by atoms with Crippen LogP contribution in [0.5, 0.6) is 0 Å². The van der Waals surface area contributed by atoms with Crippen molar-refractivity contribution in [3.63, 3.8) is 0 Å². The highest BCUT2D eigenvalue weighted by Crippen LogP contribution is 2.35. The molecule has 0 aromatic rings. The van der Waals surface area contributed by atoms with E-state index >= 15 is 0 Å². The van der Waals surface area contributed by atoms with Gasteiger partial charge in [0.05, 0.1) is 0 Å². The lowest BCUT2D eigenvalue weighted by molar-refractivity contribution is -0.158. The number of likely N-dealkylation sites (tertiary alicyclic amines) is 1. The molecule has 0 amide bonds. The molecule has 0 bridgehead atoms. The maximum Gasteiger partial charge on any atom is 0.313 e. The number of halogens is 1. The van der Waals surface area contributed by atoms with Crippen LogP contribution in [0.15, 0.2) is 0 Å². The Morgan fingerprint density at radius 3 is 2.77 bits per heavy atom. The Kier molecular flexibility index (Phi) is 2.91. The number of hydrogen-bond acceptors (Lipinski definition) is 2. The highest BCUT2D eigenvalue weighted by molar-refractivity contribution is 5.76. The van der Waals surface area contributed by atoms with Crippen LogP contribution in [0.4, 0.5) is 4.39 Å². The molecule has 76 valence electrons. The first-order valence-electron chi connectivity index (χ1n) is 4.59. The smallest absolute Gasteiger partial charge is 0.313 e. The molecular weight excluding hydrogens is 173 g/mol. The Morgan fingerprint density at radius 1 is 1.77 bits per heavy atom. The van der Waals surface area contributed by atoms with Crippen molar-refractivity contribution < 1.29 is 14.3 Å². The zero-order valence-electron chi connectivity index (χ0n) is 8.09. The molecule has 1 aliphatic rings. The van der Waals surface area contributed by atoms with Crippen molar-refractivity contribution in [3.05, 3.63) is 0 Å². The van der Waals surface area contributed by atoms with E-state index in [1.54, 1.807) is 6.92 Å². The number of rotatable bonds is 2. The minimum absolute atomic E-state index is 0.319. The van der Waals surface area contributed by atoms with Gasteiger partial charge in [-0.25, -0.2) is 4.39 Å². The number of hydrogen-bond donors (Lipinski definition) is 1. The molecule has 0 aliphatic carbocycles. The second-order valence-electron chi connectivity index (χ2n) is 3.81. The largest absolute Gasteiger partial charge is 0.481 e. The zero-order chi connectivity index (χ0) is 10.1. The Balaban J connectivity index is 2.86. The maximum atomic E-state index is 13.5. The van der Waals surface area contributed by atoms with E-state index < -0.39 is 17.6 Å². The quantitative estimate of drug-likeness (QED) is 0.708. The number of aliphatic carboxylic acids is 1. The monoisotopic (exact) mass is 189 g/mol. The first-order chi connectivity index (χ1) is 6.03. The summed E-state index contributed by atoms with van der Waals surface area (Å²) >= 11 is 0. The van der Waals surface area contributed by atoms with Crippen LogP contribution in [0.1, 0.15) is 19.8 Å². The van der Waals surface area contributed by atoms with Crippen LogP contribution in [-0.4, -0.2) is 42.3 Å². The minimum atomic E-state index is -1.20. The van der Waals surface area contributed by atoms with E-state index in [2.05, 4.69) is 0 Å². The maximum absolute atomic E-state index is 13.5. The normalized spacial score (nSPS) is 36.1. The third kappa shape index (κ3) is 1.68. The Morgan fingerprint density at radius 2 is 2.38 bits per heavy atom. The van der Waals surface area contributed by atoms with Gasteiger partial charge in [-0.2, -0.15) is 0 Å². The molecule has 13 heavy (non-hydrogen) atoms. The van der Waals surface area contributed by atoms with Gasteiger partial charge in [-0.3, -0.25) is 4.79 Å². The van der Waals surface area contributed by atoms with Crippen molar-refractivity contribution in [2.75, 3.05) is 20.1 Å². The lowest BCUT2D eigenvalue weighted by Crippen LogP contribution is -2.53. The van der Waals surface area contributed by atoms with Crippen molar-refractivity contribution in [1.82, 2.24) is 4.90 Å². The molecular formula is C9H16FNO2. The third-order valence-electron chi connectivity index (χ3n) is 2.97. The summed E-state index contributed by atoms with van der Waals surface area (Å²) in [7, 11) is 1.83. The third-order valence-corrected chi connectivity index (χ3v) is 2.97. The molecule has 1 N–H and O–H groups in total. The van der Waals surface area contributed by atoms with Gasteiger partial charge in [-0.05, 0) is 19.9 Å². The Hall–Kier alpha value is -0.640. The van der Waals surface area contributed by atoms with Crippen molar-refractivity contribution in [1.29, 1.82) is 0 Å². The summed E-state index contributed by atoms with van der Waals surface area (Å²) in [6.07, 6.45) is -0.518. The molecule has 1 heterocycles. The summed E-state index contributed by atoms with van der Waals surface area (Å²) in [5.74, 6) is -1.01. The molecule has 1 saturated heterocycles. The van der Waals surface area contributed by atoms with Crippen LogP contribution in [0.3, 0.4) is 0 Å². The molecule has 0 aromatic carbocycles. The van der Waals surface area contributed by atoms with Crippen molar-refractivity contribution in [2.24, 2.45) is 5.41 Å². The Bertz CT molecular complexity index is 210. The van der Waals surface area contributed by atoms with Gasteiger partial charge in [0.15, 0.2) is 0 Å². The fourth-order valence-electron chi connectivity index (χ4n) is 1.96. The highest BCUT2D eigenvalue weighted by Gasteiger charge is 2.48. The topological polar surface area (TPSA) is 40.5 Å². The lowest BCUT2D eigenvalue weighted by atomic mass is 9.76. The molecule has 1 aliphatic heterocycles. The SMILES string of the molecule is CCC1(C(=O)O)CN(C)CCC1F. The van der Waals surface area contributed by atoms with Gasteiger partial charge >= 0.3 is 5.97 Å². The second kappa shape index (κ2) is 3.62. The van der Waals surface area contributed by atoms with E-state index in [0.29, 0.717) is 25.9 Å². The number of alkyl halides is 1. The average Bonchev–Trinajstić information content (AvgIpc) is 2.09. The summed E-state index contributed by atoms with van der Waals surface area (Å²) in [6, 6.07) is 0. The summed E-state index contributed by atoms with van der Waals surface area (Å²) in [5.41, 5.74) is -1.17. The van der Waals surface area contributed by atoms with Gasteiger partial charge in [-0.15, -0.1) is 0 Å². The molecule has 0 saturated carbocycles. The molecule has 2 atom stereocenters. The van der Waals surface area contributed by atoms with Crippen LogP contribution in [0, 0.1) is 5.41 Å². The molecule has 0 aromatic heterocycles. The number of piperidine rings is 1. The zero-order valence-corrected chi connectivity index (χ0v) is 8.09. The predicted octanol–water partition coefficient (Wildman–Crippen LogP) is 1.14. The van der Waals surface area contributed by atoms with Gasteiger partial charge in [0, 0.05) is 13.1 Å². The van der Waals surface area contributed by atoms with Crippen LogP contribution in [0.25, 0.3) is 0 Å². The molecule has 1 rings (SSSR count). The van der Waals surface area contributed by atoms with E-state index in [4.69, 9.17) is 5.11 Å². The van der Waals surface area contributed by atoms with E-state index in [1.165, 1.54) is 0 Å². The number of nitrogens with zero attached hydrogens (tertiary/aromatic N) is 1. The predicted molar refractivity (Wildman–Crippen MR) is 47.4 cm³/mol. The summed E-state index contributed by atoms with van der Waals surface area (Å²) in [6.45, 7) is 2.70. The van der Waals surface area contributed by atoms with Crippen LogP contribution < -0.4 is 0 Å². The first kappa shape index (κ1) is 10.4. The van der Waals surface area contributed by atoms with Crippen molar-refractivity contribution in [3.8, 4) is 0 Å². The number of carbonyl (C=O) groups is 1. The molecule has 3 nitrogen and oxygen atoms in total. The Labute approximate surface area is 77.5 Å². The molecule has 0 spiro atoms. The van der Waals surface area contributed by atoms with Gasteiger partial charge in [-0.1, -0.05) is 6.92 Å². The standard InChI is InChI=1S/C9H16FNO2/c1-3-9(8(12)13)6-11(2)5-4-7(9)10/h7H,3-6H2,1-2H3,(H,12,13). The first-order valence-corrected chi connectivity index (χ1v) is 4.59. The van der Waals surface area contributed by atoms with E-state index in [0.717, 1.165) is 0 Å². The van der Waals surface area contributed by atoms with Crippen molar-refractivity contribution >= 4 is 5.97 Å². The summed E-state index contributed by atoms with van der Waals surface area (Å²) in [4.78, 5) is 12.9. The number of carboxylic acids is 1.